The molecule has 2 aromatic carbocycles. The summed E-state index contributed by atoms with van der Waals surface area (Å²) in [6, 6.07) is 12.9. The summed E-state index contributed by atoms with van der Waals surface area (Å²) in [5.41, 5.74) is 0.974. The third-order valence-corrected chi connectivity index (χ3v) is 6.66. The summed E-state index contributed by atoms with van der Waals surface area (Å²) >= 11 is 0. The monoisotopic (exact) mass is 392 g/mol. The molecule has 1 N–H and O–H groups in total. The predicted molar refractivity (Wildman–Crippen MR) is 99.2 cm³/mol. The first-order valence-electron chi connectivity index (χ1n) is 8.62. The molecule has 1 saturated heterocycles. The van der Waals surface area contributed by atoms with E-state index in [0.717, 1.165) is 17.9 Å². The molecule has 0 bridgehead atoms. The average Bonchev–Trinajstić information content (AvgIpc) is 2.69. The van der Waals surface area contributed by atoms with Gasteiger partial charge in [0.05, 0.1) is 43.1 Å². The van der Waals surface area contributed by atoms with Crippen LogP contribution in [0.25, 0.3) is 0 Å². The summed E-state index contributed by atoms with van der Waals surface area (Å²) in [4.78, 5) is 11.6. The lowest BCUT2D eigenvalue weighted by atomic mass is 10.2. The van der Waals surface area contributed by atoms with Crippen molar-refractivity contribution < 1.29 is 23.0 Å². The minimum atomic E-state index is -3.64. The zero-order valence-corrected chi connectivity index (χ0v) is 15.8. The van der Waals surface area contributed by atoms with Gasteiger partial charge >= 0.3 is 0 Å². The Labute approximate surface area is 158 Å². The molecule has 144 valence electrons. The van der Waals surface area contributed by atoms with Crippen LogP contribution in [-0.2, 0) is 16.6 Å². The van der Waals surface area contributed by atoms with Crippen LogP contribution in [0.3, 0.4) is 0 Å². The fraction of sp³-hybridized carbons (Fsp3) is 0.333. The van der Waals surface area contributed by atoms with Gasteiger partial charge in [-0.25, -0.2) is 8.42 Å². The van der Waals surface area contributed by atoms with E-state index in [1.807, 2.05) is 24.3 Å². The van der Waals surface area contributed by atoms with Crippen molar-refractivity contribution >= 4 is 15.7 Å². The van der Waals surface area contributed by atoms with Crippen LogP contribution in [0.15, 0.2) is 53.4 Å². The minimum absolute atomic E-state index is 0.0845. The second-order valence-corrected chi connectivity index (χ2v) is 8.33. The number of nitro groups is 1. The molecule has 0 aromatic heterocycles. The summed E-state index contributed by atoms with van der Waals surface area (Å²) < 4.78 is 32.3. The zero-order chi connectivity index (χ0) is 19.4. The van der Waals surface area contributed by atoms with Crippen molar-refractivity contribution in [2.45, 2.75) is 11.4 Å². The number of methoxy groups -OCH3 is 1. The number of piperazine rings is 1. The molecule has 0 radical (unpaired) electrons. The van der Waals surface area contributed by atoms with Gasteiger partial charge in [-0.15, -0.1) is 0 Å². The van der Waals surface area contributed by atoms with Gasteiger partial charge in [-0.3, -0.25) is 10.1 Å². The Kier molecular flexibility index (Phi) is 5.73. The molecule has 8 nitrogen and oxygen atoms in total. The molecule has 1 fully saturated rings. The second-order valence-electron chi connectivity index (χ2n) is 6.39. The Hall–Kier alpha value is -2.49. The van der Waals surface area contributed by atoms with Crippen LogP contribution >= 0.6 is 0 Å². The molecule has 0 amide bonds. The lowest BCUT2D eigenvalue weighted by Gasteiger charge is -2.31. The first kappa shape index (κ1) is 19.3. The van der Waals surface area contributed by atoms with E-state index in [1.165, 1.54) is 33.5 Å². The number of para-hydroxylation sites is 1. The Morgan fingerprint density at radius 3 is 2.33 bits per heavy atom. The highest BCUT2D eigenvalue weighted by molar-refractivity contribution is 7.89. The van der Waals surface area contributed by atoms with Gasteiger partial charge in [-0.1, -0.05) is 12.1 Å². The molecule has 0 atom stereocenters. The Morgan fingerprint density at radius 1 is 1.11 bits per heavy atom. The van der Waals surface area contributed by atoms with E-state index < -0.39 is 14.9 Å². The van der Waals surface area contributed by atoms with Gasteiger partial charge in [0.25, 0.3) is 5.69 Å². The normalized spacial score (nSPS) is 16.2. The average molecular weight is 392 g/mol. The molecular weight excluding hydrogens is 370 g/mol. The predicted octanol–water partition coefficient (Wildman–Crippen LogP) is 0.693. The number of ether oxygens (including phenoxy) is 1. The molecule has 1 heterocycles. The fourth-order valence-corrected chi connectivity index (χ4v) is 4.67. The van der Waals surface area contributed by atoms with Crippen molar-refractivity contribution in [2.75, 3.05) is 33.3 Å². The van der Waals surface area contributed by atoms with E-state index >= 15 is 0 Å². The van der Waals surface area contributed by atoms with Gasteiger partial charge in [0.1, 0.15) is 12.3 Å². The molecular formula is C18H22N3O5S+. The Balaban J connectivity index is 1.65. The zero-order valence-electron chi connectivity index (χ0n) is 15.0. The van der Waals surface area contributed by atoms with Gasteiger partial charge in [0.15, 0.2) is 0 Å². The minimum Gasteiger partial charge on any atom is -0.496 e. The van der Waals surface area contributed by atoms with E-state index in [0.29, 0.717) is 26.2 Å². The van der Waals surface area contributed by atoms with Crippen LogP contribution in [0.4, 0.5) is 5.69 Å². The van der Waals surface area contributed by atoms with Crippen LogP contribution in [0.2, 0.25) is 0 Å². The second kappa shape index (κ2) is 8.03. The van der Waals surface area contributed by atoms with E-state index in [-0.39, 0.29) is 10.6 Å². The van der Waals surface area contributed by atoms with Crippen LogP contribution in [0.1, 0.15) is 5.56 Å². The lowest BCUT2D eigenvalue weighted by molar-refractivity contribution is -0.917. The number of benzene rings is 2. The van der Waals surface area contributed by atoms with Crippen molar-refractivity contribution in [3.8, 4) is 5.75 Å². The maximum absolute atomic E-state index is 12.8. The molecule has 3 rings (SSSR count). The van der Waals surface area contributed by atoms with Crippen LogP contribution in [0.5, 0.6) is 5.75 Å². The molecule has 0 spiro atoms. The molecule has 2 aromatic rings. The number of nitrogens with one attached hydrogen (secondary N) is 1. The van der Waals surface area contributed by atoms with Gasteiger partial charge in [0, 0.05) is 17.7 Å². The van der Waals surface area contributed by atoms with Gasteiger partial charge in [0.2, 0.25) is 10.0 Å². The molecule has 1 aliphatic heterocycles. The summed E-state index contributed by atoms with van der Waals surface area (Å²) in [6.45, 7) is 2.96. The summed E-state index contributed by atoms with van der Waals surface area (Å²) in [5.74, 6) is 0.839. The van der Waals surface area contributed by atoms with Crippen molar-refractivity contribution in [1.29, 1.82) is 0 Å². The molecule has 0 saturated carbocycles. The quantitative estimate of drug-likeness (QED) is 0.577. The van der Waals surface area contributed by atoms with Gasteiger partial charge < -0.3 is 9.64 Å². The number of nitrogens with zero attached hydrogens (tertiary/aromatic N) is 2. The highest BCUT2D eigenvalue weighted by Gasteiger charge is 2.31. The molecule has 1 aliphatic rings. The summed E-state index contributed by atoms with van der Waals surface area (Å²) in [7, 11) is -2.00. The first-order valence-corrected chi connectivity index (χ1v) is 10.1. The molecule has 0 unspecified atom stereocenters. The number of nitro benzene ring substituents is 1. The smallest absolute Gasteiger partial charge is 0.269 e. The SMILES string of the molecule is COc1ccccc1C[NH+]1CCN(S(=O)(=O)c2ccc([N+](=O)[O-])cc2)CC1. The number of hydrogen-bond donors (Lipinski definition) is 1. The van der Waals surface area contributed by atoms with Crippen molar-refractivity contribution in [1.82, 2.24) is 4.31 Å². The van der Waals surface area contributed by atoms with Gasteiger partial charge in [-0.05, 0) is 24.3 Å². The van der Waals surface area contributed by atoms with Gasteiger partial charge in [-0.2, -0.15) is 4.31 Å². The topological polar surface area (TPSA) is 94.2 Å². The van der Waals surface area contributed by atoms with E-state index in [2.05, 4.69) is 0 Å². The Bertz CT molecular complexity index is 907. The number of sulfonamides is 1. The van der Waals surface area contributed by atoms with E-state index in [9.17, 15) is 18.5 Å². The summed E-state index contributed by atoms with van der Waals surface area (Å²) in [5, 5.41) is 10.7. The maximum atomic E-state index is 12.8. The van der Waals surface area contributed by atoms with E-state index in [4.69, 9.17) is 4.74 Å². The standard InChI is InChI=1S/C18H21N3O5S/c1-26-18-5-3-2-4-15(18)14-19-10-12-20(13-11-19)27(24,25)17-8-6-16(7-9-17)21(22)23/h2-9H,10-14H2,1H3/p+1. The molecule has 9 heteroatoms. The molecule has 27 heavy (non-hydrogen) atoms. The molecule has 0 aliphatic carbocycles. The Morgan fingerprint density at radius 2 is 1.74 bits per heavy atom. The highest BCUT2D eigenvalue weighted by atomic mass is 32.2. The highest BCUT2D eigenvalue weighted by Crippen LogP contribution is 2.20. The van der Waals surface area contributed by atoms with Crippen molar-refractivity contribution in [3.63, 3.8) is 0 Å². The van der Waals surface area contributed by atoms with Crippen molar-refractivity contribution in [2.24, 2.45) is 0 Å². The fourth-order valence-electron chi connectivity index (χ4n) is 3.23. The maximum Gasteiger partial charge on any atom is 0.269 e. The number of rotatable bonds is 6. The van der Waals surface area contributed by atoms with Crippen molar-refractivity contribution in [3.05, 3.63) is 64.2 Å². The lowest BCUT2D eigenvalue weighted by Crippen LogP contribution is -3.13. The van der Waals surface area contributed by atoms with E-state index in [1.54, 1.807) is 7.11 Å². The van der Waals surface area contributed by atoms with Crippen LogP contribution < -0.4 is 9.64 Å². The number of hydrogen-bond acceptors (Lipinski definition) is 5. The largest absolute Gasteiger partial charge is 0.496 e. The third-order valence-electron chi connectivity index (χ3n) is 4.75. The summed E-state index contributed by atoms with van der Waals surface area (Å²) in [6.07, 6.45) is 0. The number of non-ortho nitro benzene ring substituents is 1. The number of quaternary nitrogens is 1. The van der Waals surface area contributed by atoms with Crippen LogP contribution in [-0.4, -0.2) is 50.9 Å². The first-order chi connectivity index (χ1) is 12.9. The third kappa shape index (κ3) is 4.26. The van der Waals surface area contributed by atoms with Crippen LogP contribution in [0, 0.1) is 10.1 Å².